The minimum atomic E-state index is -1.47. The van der Waals surface area contributed by atoms with Gasteiger partial charge in [0.15, 0.2) is 0 Å². The lowest BCUT2D eigenvalue weighted by Gasteiger charge is -2.12. The average Bonchev–Trinajstić information content (AvgIpc) is 2.68. The number of aromatic nitrogens is 2. The summed E-state index contributed by atoms with van der Waals surface area (Å²) in [6, 6.07) is 0.0453. The Hall–Kier alpha value is -2.38. The Balaban J connectivity index is 2.87. The highest BCUT2D eigenvalue weighted by molar-refractivity contribution is 5.96. The zero-order valence-electron chi connectivity index (χ0n) is 10.6. The van der Waals surface area contributed by atoms with Gasteiger partial charge in [0, 0.05) is 6.54 Å². The van der Waals surface area contributed by atoms with E-state index in [0.29, 0.717) is 12.2 Å². The quantitative estimate of drug-likeness (QED) is 0.661. The molecule has 0 aliphatic rings. The van der Waals surface area contributed by atoms with Gasteiger partial charge in [0.05, 0.1) is 12.1 Å². The summed E-state index contributed by atoms with van der Waals surface area (Å²) in [5.41, 5.74) is 0.828. The molecule has 1 atom stereocenters. The molecular weight excluding hydrogens is 254 g/mol. The van der Waals surface area contributed by atoms with E-state index in [0.717, 1.165) is 0 Å². The van der Waals surface area contributed by atoms with E-state index in [9.17, 15) is 14.4 Å². The summed E-state index contributed by atoms with van der Waals surface area (Å²) >= 11 is 0. The van der Waals surface area contributed by atoms with Gasteiger partial charge in [0.1, 0.15) is 11.7 Å². The zero-order valence-corrected chi connectivity index (χ0v) is 10.6. The first kappa shape index (κ1) is 14.7. The summed E-state index contributed by atoms with van der Waals surface area (Å²) in [7, 11) is 0. The molecule has 1 heterocycles. The van der Waals surface area contributed by atoms with Crippen molar-refractivity contribution < 1.29 is 24.6 Å². The number of hydrogen-bond acceptors (Lipinski definition) is 4. The molecule has 0 spiro atoms. The van der Waals surface area contributed by atoms with E-state index in [1.54, 1.807) is 13.8 Å². The van der Waals surface area contributed by atoms with Crippen LogP contribution in [0.4, 0.5) is 0 Å². The van der Waals surface area contributed by atoms with Crippen molar-refractivity contribution in [3.63, 3.8) is 0 Å². The third-order valence-corrected chi connectivity index (χ3v) is 2.42. The minimum Gasteiger partial charge on any atom is -0.481 e. The molecule has 0 aliphatic heterocycles. The van der Waals surface area contributed by atoms with E-state index in [1.165, 1.54) is 10.7 Å². The number of rotatable bonds is 6. The molecule has 8 heteroatoms. The first-order valence-electron chi connectivity index (χ1n) is 5.65. The number of nitrogens with one attached hydrogen (secondary N) is 1. The van der Waals surface area contributed by atoms with Crippen molar-refractivity contribution in [1.29, 1.82) is 0 Å². The molecule has 1 aromatic heterocycles. The fraction of sp³-hybridized carbons (Fsp3) is 0.455. The lowest BCUT2D eigenvalue weighted by atomic mass is 10.2. The van der Waals surface area contributed by atoms with Crippen LogP contribution in [0, 0.1) is 6.92 Å². The highest BCUT2D eigenvalue weighted by Crippen LogP contribution is 2.05. The Morgan fingerprint density at radius 2 is 2.05 bits per heavy atom. The van der Waals surface area contributed by atoms with E-state index >= 15 is 0 Å². The molecule has 104 valence electrons. The second-order valence-electron chi connectivity index (χ2n) is 3.95. The molecule has 8 nitrogen and oxygen atoms in total. The lowest BCUT2D eigenvalue weighted by Crippen LogP contribution is -2.42. The number of carboxylic acid groups (broad SMARTS) is 2. The van der Waals surface area contributed by atoms with Crippen molar-refractivity contribution in [2.75, 3.05) is 0 Å². The fourth-order valence-electron chi connectivity index (χ4n) is 1.58. The van der Waals surface area contributed by atoms with Crippen molar-refractivity contribution in [2.45, 2.75) is 32.9 Å². The molecule has 0 fully saturated rings. The first-order valence-corrected chi connectivity index (χ1v) is 5.65. The van der Waals surface area contributed by atoms with E-state index < -0.39 is 30.3 Å². The Kier molecular flexibility index (Phi) is 4.62. The molecule has 3 N–H and O–H groups in total. The van der Waals surface area contributed by atoms with Crippen LogP contribution in [0.5, 0.6) is 0 Å². The second-order valence-corrected chi connectivity index (χ2v) is 3.95. The molecule has 1 aromatic rings. The normalized spacial score (nSPS) is 11.9. The number of nitrogens with zero attached hydrogens (tertiary/aromatic N) is 2. The maximum atomic E-state index is 11.9. The van der Waals surface area contributed by atoms with Crippen molar-refractivity contribution in [3.8, 4) is 0 Å². The van der Waals surface area contributed by atoms with Crippen LogP contribution < -0.4 is 5.32 Å². The van der Waals surface area contributed by atoms with E-state index in [2.05, 4.69) is 10.4 Å². The predicted molar refractivity (Wildman–Crippen MR) is 63.8 cm³/mol. The zero-order chi connectivity index (χ0) is 14.6. The maximum Gasteiger partial charge on any atom is 0.326 e. The van der Waals surface area contributed by atoms with Gasteiger partial charge in [-0.15, -0.1) is 0 Å². The van der Waals surface area contributed by atoms with E-state index in [4.69, 9.17) is 10.2 Å². The Morgan fingerprint density at radius 3 is 2.53 bits per heavy atom. The van der Waals surface area contributed by atoms with E-state index in [1.807, 2.05) is 0 Å². The molecule has 1 amide bonds. The van der Waals surface area contributed by atoms with Crippen molar-refractivity contribution in [3.05, 3.63) is 17.5 Å². The minimum absolute atomic E-state index is 0.205. The average molecular weight is 269 g/mol. The maximum absolute atomic E-state index is 11.9. The molecule has 0 aromatic carbocycles. The molecule has 0 unspecified atom stereocenters. The van der Waals surface area contributed by atoms with Gasteiger partial charge in [-0.1, -0.05) is 0 Å². The van der Waals surface area contributed by atoms with Gasteiger partial charge in [0.25, 0.3) is 5.91 Å². The highest BCUT2D eigenvalue weighted by atomic mass is 16.4. The summed E-state index contributed by atoms with van der Waals surface area (Å²) in [4.78, 5) is 33.3. The van der Waals surface area contributed by atoms with Gasteiger partial charge in [0.2, 0.25) is 0 Å². The van der Waals surface area contributed by atoms with Gasteiger partial charge < -0.3 is 15.5 Å². The van der Waals surface area contributed by atoms with Gasteiger partial charge in [-0.05, 0) is 19.9 Å². The summed E-state index contributed by atoms with van der Waals surface area (Å²) in [6.07, 6.45) is -0.680. The fourth-order valence-corrected chi connectivity index (χ4v) is 1.58. The number of aliphatic carboxylic acids is 2. The standard InChI is InChI=1S/C11H15N3O5/c1-3-14-8(4-6(2)13-14)10(17)12-7(11(18)19)5-9(15)16/h4,7H,3,5H2,1-2H3,(H,12,17)(H,15,16)(H,18,19)/t7-/m1/s1. The summed E-state index contributed by atoms with van der Waals surface area (Å²) in [5, 5.41) is 23.7. The Bertz CT molecular complexity index is 508. The molecule has 0 bridgehead atoms. The lowest BCUT2D eigenvalue weighted by molar-refractivity contribution is -0.145. The summed E-state index contributed by atoms with van der Waals surface area (Å²) in [6.45, 7) is 3.94. The molecule has 0 aliphatic carbocycles. The molecule has 0 saturated heterocycles. The van der Waals surface area contributed by atoms with Gasteiger partial charge >= 0.3 is 11.9 Å². The summed E-state index contributed by atoms with van der Waals surface area (Å²) < 4.78 is 1.42. The molecule has 19 heavy (non-hydrogen) atoms. The van der Waals surface area contributed by atoms with Crippen molar-refractivity contribution >= 4 is 17.8 Å². The van der Waals surface area contributed by atoms with Crippen LogP contribution in [0.15, 0.2) is 6.07 Å². The number of hydrogen-bond donors (Lipinski definition) is 3. The van der Waals surface area contributed by atoms with Crippen molar-refractivity contribution in [2.24, 2.45) is 0 Å². The Labute approximate surface area is 109 Å². The highest BCUT2D eigenvalue weighted by Gasteiger charge is 2.25. The molecule has 0 radical (unpaired) electrons. The van der Waals surface area contributed by atoms with Crippen LogP contribution in [0.1, 0.15) is 29.5 Å². The molecule has 1 rings (SSSR count). The monoisotopic (exact) mass is 269 g/mol. The van der Waals surface area contributed by atoms with Crippen LogP contribution in [0.3, 0.4) is 0 Å². The van der Waals surface area contributed by atoms with Gasteiger partial charge in [-0.25, -0.2) is 4.79 Å². The van der Waals surface area contributed by atoms with E-state index in [-0.39, 0.29) is 5.69 Å². The van der Waals surface area contributed by atoms with Gasteiger partial charge in [-0.3, -0.25) is 14.3 Å². The number of amides is 1. The van der Waals surface area contributed by atoms with Crippen LogP contribution in [0.2, 0.25) is 0 Å². The number of carbonyl (C=O) groups excluding carboxylic acids is 1. The molecular formula is C11H15N3O5. The van der Waals surface area contributed by atoms with Crippen LogP contribution in [-0.2, 0) is 16.1 Å². The summed E-state index contributed by atoms with van der Waals surface area (Å²) in [5.74, 6) is -3.35. The Morgan fingerprint density at radius 1 is 1.42 bits per heavy atom. The third-order valence-electron chi connectivity index (χ3n) is 2.42. The first-order chi connectivity index (χ1) is 8.85. The van der Waals surface area contributed by atoms with Crippen molar-refractivity contribution in [1.82, 2.24) is 15.1 Å². The predicted octanol–water partition coefficient (Wildman–Crippen LogP) is -0.131. The largest absolute Gasteiger partial charge is 0.481 e. The smallest absolute Gasteiger partial charge is 0.326 e. The van der Waals surface area contributed by atoms with Gasteiger partial charge in [-0.2, -0.15) is 5.10 Å². The van der Waals surface area contributed by atoms with Crippen LogP contribution in [0.25, 0.3) is 0 Å². The molecule has 0 saturated carbocycles. The number of carbonyl (C=O) groups is 3. The van der Waals surface area contributed by atoms with Crippen LogP contribution >= 0.6 is 0 Å². The topological polar surface area (TPSA) is 122 Å². The second kappa shape index (κ2) is 5.98. The van der Waals surface area contributed by atoms with Crippen LogP contribution in [-0.4, -0.2) is 43.9 Å². The third kappa shape index (κ3) is 3.80. The number of carboxylic acids is 2. The SMILES string of the molecule is CCn1nc(C)cc1C(=O)N[C@H](CC(=O)O)C(=O)O. The number of aryl methyl sites for hydroxylation is 2.